The quantitative estimate of drug-likeness (QED) is 0.467. The van der Waals surface area contributed by atoms with E-state index < -0.39 is 4.92 Å². The lowest BCUT2D eigenvalue weighted by Crippen LogP contribution is -2.43. The van der Waals surface area contributed by atoms with Crippen LogP contribution in [0, 0.1) is 10.1 Å². The zero-order valence-electron chi connectivity index (χ0n) is 17.5. The molecule has 0 radical (unpaired) electrons. The van der Waals surface area contributed by atoms with Gasteiger partial charge in [0.2, 0.25) is 5.91 Å². The molecule has 0 unspecified atom stereocenters. The summed E-state index contributed by atoms with van der Waals surface area (Å²) in [5.74, 6) is -0.136. The van der Waals surface area contributed by atoms with E-state index in [4.69, 9.17) is 0 Å². The van der Waals surface area contributed by atoms with Crippen molar-refractivity contribution in [1.82, 2.24) is 10.2 Å². The molecule has 0 saturated carbocycles. The first-order valence-electron chi connectivity index (χ1n) is 9.98. The first kappa shape index (κ1) is 22.9. The molecule has 0 aromatic heterocycles. The van der Waals surface area contributed by atoms with Crippen LogP contribution < -0.4 is 10.6 Å². The molecule has 2 atom stereocenters. The van der Waals surface area contributed by atoms with E-state index in [-0.39, 0.29) is 42.7 Å². The average Bonchev–Trinajstić information content (AvgIpc) is 2.74. The fourth-order valence-electron chi connectivity index (χ4n) is 2.96. The van der Waals surface area contributed by atoms with E-state index in [2.05, 4.69) is 10.6 Å². The van der Waals surface area contributed by atoms with E-state index in [0.29, 0.717) is 5.69 Å². The number of hydrogen-bond donors (Lipinski definition) is 2. The SMILES string of the molecule is CC[C@@H](C)N(CCC(=O)N[C@@H](C)c1ccccc1)C(=O)Nc1ccc([N+](=O)[O-])cc1. The van der Waals surface area contributed by atoms with Crippen LogP contribution in [0.25, 0.3) is 0 Å². The van der Waals surface area contributed by atoms with Crippen LogP contribution in [0.1, 0.15) is 45.2 Å². The Kier molecular flexibility index (Phi) is 8.34. The van der Waals surface area contributed by atoms with Gasteiger partial charge in [-0.1, -0.05) is 37.3 Å². The minimum absolute atomic E-state index is 0.0454. The van der Waals surface area contributed by atoms with Gasteiger partial charge in [-0.25, -0.2) is 4.79 Å². The molecule has 160 valence electrons. The van der Waals surface area contributed by atoms with Crippen LogP contribution in [-0.2, 0) is 4.79 Å². The van der Waals surface area contributed by atoms with Crippen molar-refractivity contribution in [2.45, 2.75) is 45.7 Å². The Morgan fingerprint density at radius 2 is 1.70 bits per heavy atom. The Morgan fingerprint density at radius 3 is 2.27 bits per heavy atom. The summed E-state index contributed by atoms with van der Waals surface area (Å²) >= 11 is 0. The largest absolute Gasteiger partial charge is 0.350 e. The van der Waals surface area contributed by atoms with Gasteiger partial charge in [0.1, 0.15) is 0 Å². The zero-order valence-corrected chi connectivity index (χ0v) is 17.5. The third-order valence-corrected chi connectivity index (χ3v) is 4.97. The number of nitrogens with zero attached hydrogens (tertiary/aromatic N) is 2. The van der Waals surface area contributed by atoms with E-state index >= 15 is 0 Å². The van der Waals surface area contributed by atoms with Gasteiger partial charge in [-0.3, -0.25) is 14.9 Å². The number of non-ortho nitro benzene ring substituents is 1. The Labute approximate surface area is 176 Å². The van der Waals surface area contributed by atoms with Crippen LogP contribution in [0.3, 0.4) is 0 Å². The standard InChI is InChI=1S/C22H28N4O4/c1-4-16(2)25(22(28)24-19-10-12-20(13-11-19)26(29)30)15-14-21(27)23-17(3)18-8-6-5-7-9-18/h5-13,16-17H,4,14-15H2,1-3H3,(H,23,27)(H,24,28)/t16-,17+/m1/s1. The highest BCUT2D eigenvalue weighted by atomic mass is 16.6. The second kappa shape index (κ2) is 10.9. The summed E-state index contributed by atoms with van der Waals surface area (Å²) < 4.78 is 0. The molecule has 0 heterocycles. The van der Waals surface area contributed by atoms with Crippen molar-refractivity contribution in [2.24, 2.45) is 0 Å². The Morgan fingerprint density at radius 1 is 1.07 bits per heavy atom. The highest BCUT2D eigenvalue weighted by Crippen LogP contribution is 2.17. The Bertz CT molecular complexity index is 855. The van der Waals surface area contributed by atoms with E-state index in [1.165, 1.54) is 24.3 Å². The zero-order chi connectivity index (χ0) is 22.1. The van der Waals surface area contributed by atoms with E-state index in [1.54, 1.807) is 4.90 Å². The van der Waals surface area contributed by atoms with Crippen LogP contribution in [0.5, 0.6) is 0 Å². The number of amides is 3. The number of carbonyl (C=O) groups is 2. The van der Waals surface area contributed by atoms with Gasteiger partial charge in [-0.2, -0.15) is 0 Å². The molecule has 30 heavy (non-hydrogen) atoms. The number of rotatable bonds is 9. The van der Waals surface area contributed by atoms with Gasteiger partial charge >= 0.3 is 6.03 Å². The lowest BCUT2D eigenvalue weighted by Gasteiger charge is -2.29. The second-order valence-electron chi connectivity index (χ2n) is 7.13. The third kappa shape index (κ3) is 6.58. The fraction of sp³-hybridized carbons (Fsp3) is 0.364. The fourth-order valence-corrected chi connectivity index (χ4v) is 2.96. The van der Waals surface area contributed by atoms with Crippen LogP contribution in [0.2, 0.25) is 0 Å². The van der Waals surface area contributed by atoms with E-state index in [0.717, 1.165) is 12.0 Å². The summed E-state index contributed by atoms with van der Waals surface area (Å²) in [6.45, 7) is 6.07. The number of anilines is 1. The third-order valence-electron chi connectivity index (χ3n) is 4.97. The molecule has 0 fully saturated rings. The van der Waals surface area contributed by atoms with Gasteiger partial charge in [0, 0.05) is 36.8 Å². The monoisotopic (exact) mass is 412 g/mol. The maximum atomic E-state index is 12.7. The highest BCUT2D eigenvalue weighted by molar-refractivity contribution is 5.90. The molecule has 0 spiro atoms. The molecular weight excluding hydrogens is 384 g/mol. The number of nitro benzene ring substituents is 1. The normalized spacial score (nSPS) is 12.5. The predicted molar refractivity (Wildman–Crippen MR) is 116 cm³/mol. The molecule has 0 bridgehead atoms. The van der Waals surface area contributed by atoms with Crippen LogP contribution in [-0.4, -0.2) is 34.3 Å². The van der Waals surface area contributed by atoms with Gasteiger partial charge in [0.25, 0.3) is 5.69 Å². The molecule has 2 N–H and O–H groups in total. The number of nitro groups is 1. The van der Waals surface area contributed by atoms with Crippen molar-refractivity contribution in [1.29, 1.82) is 0 Å². The minimum Gasteiger partial charge on any atom is -0.350 e. The van der Waals surface area contributed by atoms with Gasteiger partial charge in [-0.15, -0.1) is 0 Å². The Balaban J connectivity index is 1.95. The molecule has 3 amide bonds. The molecule has 2 aromatic rings. The summed E-state index contributed by atoms with van der Waals surface area (Å²) in [7, 11) is 0. The van der Waals surface area contributed by atoms with E-state index in [1.807, 2.05) is 51.1 Å². The van der Waals surface area contributed by atoms with Crippen molar-refractivity contribution >= 4 is 23.3 Å². The summed E-state index contributed by atoms with van der Waals surface area (Å²) in [5.41, 5.74) is 1.43. The molecule has 2 aromatic carbocycles. The van der Waals surface area contributed by atoms with Gasteiger partial charge in [0.15, 0.2) is 0 Å². The molecule has 0 aliphatic heterocycles. The molecule has 8 nitrogen and oxygen atoms in total. The first-order valence-corrected chi connectivity index (χ1v) is 9.98. The summed E-state index contributed by atoms with van der Waals surface area (Å²) in [5, 5.41) is 16.5. The molecular formula is C22H28N4O4. The lowest BCUT2D eigenvalue weighted by atomic mass is 10.1. The molecule has 0 aliphatic carbocycles. The molecule has 8 heteroatoms. The molecule has 0 aliphatic rings. The minimum atomic E-state index is -0.494. The topological polar surface area (TPSA) is 105 Å². The van der Waals surface area contributed by atoms with Crippen molar-refractivity contribution in [3.8, 4) is 0 Å². The predicted octanol–water partition coefficient (Wildman–Crippen LogP) is 4.49. The first-order chi connectivity index (χ1) is 14.3. The smallest absolute Gasteiger partial charge is 0.322 e. The summed E-state index contributed by atoms with van der Waals surface area (Å²) in [6.07, 6.45) is 0.908. The number of hydrogen-bond acceptors (Lipinski definition) is 4. The highest BCUT2D eigenvalue weighted by Gasteiger charge is 2.21. The van der Waals surface area contributed by atoms with Crippen molar-refractivity contribution in [3.63, 3.8) is 0 Å². The average molecular weight is 412 g/mol. The van der Waals surface area contributed by atoms with Crippen molar-refractivity contribution in [3.05, 3.63) is 70.3 Å². The van der Waals surface area contributed by atoms with Crippen molar-refractivity contribution < 1.29 is 14.5 Å². The van der Waals surface area contributed by atoms with E-state index in [9.17, 15) is 19.7 Å². The van der Waals surface area contributed by atoms with Gasteiger partial charge in [-0.05, 0) is 38.0 Å². The number of nitrogens with one attached hydrogen (secondary N) is 2. The Hall–Kier alpha value is -3.42. The number of urea groups is 1. The number of benzene rings is 2. The van der Waals surface area contributed by atoms with Crippen LogP contribution in [0.15, 0.2) is 54.6 Å². The van der Waals surface area contributed by atoms with Gasteiger partial charge < -0.3 is 15.5 Å². The lowest BCUT2D eigenvalue weighted by molar-refractivity contribution is -0.384. The van der Waals surface area contributed by atoms with Gasteiger partial charge in [0.05, 0.1) is 11.0 Å². The maximum absolute atomic E-state index is 12.7. The maximum Gasteiger partial charge on any atom is 0.322 e. The molecule has 2 rings (SSSR count). The summed E-state index contributed by atoms with van der Waals surface area (Å²) in [6, 6.07) is 14.8. The van der Waals surface area contributed by atoms with Crippen molar-refractivity contribution in [2.75, 3.05) is 11.9 Å². The summed E-state index contributed by atoms with van der Waals surface area (Å²) in [4.78, 5) is 37.0. The number of carbonyl (C=O) groups excluding carboxylic acids is 2. The van der Waals surface area contributed by atoms with Crippen LogP contribution >= 0.6 is 0 Å². The second-order valence-corrected chi connectivity index (χ2v) is 7.13. The molecule has 0 saturated heterocycles. The van der Waals surface area contributed by atoms with Crippen LogP contribution in [0.4, 0.5) is 16.2 Å².